The van der Waals surface area contributed by atoms with E-state index < -0.39 is 23.8 Å². The monoisotopic (exact) mass is 371 g/mol. The molecule has 0 radical (unpaired) electrons. The highest BCUT2D eigenvalue weighted by molar-refractivity contribution is 6.33. The van der Waals surface area contributed by atoms with Gasteiger partial charge in [-0.1, -0.05) is 36.7 Å². The van der Waals surface area contributed by atoms with Crippen molar-refractivity contribution in [2.24, 2.45) is 0 Å². The number of carbonyl (C=O) groups excluding carboxylic acids is 1. The number of hydrogen-bond donors (Lipinski definition) is 1. The van der Waals surface area contributed by atoms with Crippen LogP contribution < -0.4 is 10.1 Å². The van der Waals surface area contributed by atoms with Crippen molar-refractivity contribution in [2.75, 3.05) is 5.32 Å². The molecule has 0 saturated heterocycles. The quantitative estimate of drug-likeness (QED) is 0.771. The number of benzene rings is 2. The van der Waals surface area contributed by atoms with Crippen molar-refractivity contribution in [3.8, 4) is 5.75 Å². The van der Waals surface area contributed by atoms with Crippen molar-refractivity contribution in [3.63, 3.8) is 0 Å². The van der Waals surface area contributed by atoms with E-state index in [2.05, 4.69) is 5.32 Å². The first-order valence-corrected chi connectivity index (χ1v) is 8.02. The van der Waals surface area contributed by atoms with Gasteiger partial charge in [-0.15, -0.1) is 0 Å². The van der Waals surface area contributed by atoms with Gasteiger partial charge in [0, 0.05) is 0 Å². The Balaban J connectivity index is 2.14. The van der Waals surface area contributed by atoms with E-state index in [0.29, 0.717) is 5.75 Å². The molecule has 0 aromatic heterocycles. The van der Waals surface area contributed by atoms with Crippen molar-refractivity contribution in [2.45, 2.75) is 32.5 Å². The molecule has 0 heterocycles. The minimum absolute atomic E-state index is 0.0162. The highest BCUT2D eigenvalue weighted by Gasteiger charge is 2.31. The van der Waals surface area contributed by atoms with Gasteiger partial charge in [0.1, 0.15) is 5.75 Å². The van der Waals surface area contributed by atoms with Gasteiger partial charge in [-0.25, -0.2) is 0 Å². The van der Waals surface area contributed by atoms with Crippen LogP contribution in [0.2, 0.25) is 5.02 Å². The van der Waals surface area contributed by atoms with Gasteiger partial charge in [-0.3, -0.25) is 4.79 Å². The second-order valence-corrected chi connectivity index (χ2v) is 5.81. The molecular weight excluding hydrogens is 355 g/mol. The molecule has 7 heteroatoms. The molecule has 0 aliphatic rings. The van der Waals surface area contributed by atoms with Crippen LogP contribution in [0.4, 0.5) is 18.9 Å². The molecule has 25 heavy (non-hydrogen) atoms. The van der Waals surface area contributed by atoms with Gasteiger partial charge in [-0.2, -0.15) is 13.2 Å². The minimum Gasteiger partial charge on any atom is -0.481 e. The number of hydrogen-bond acceptors (Lipinski definition) is 2. The third kappa shape index (κ3) is 4.89. The van der Waals surface area contributed by atoms with Crippen LogP contribution in [0.1, 0.15) is 25.0 Å². The lowest BCUT2D eigenvalue weighted by Crippen LogP contribution is -2.30. The Hall–Kier alpha value is -2.21. The second-order valence-electron chi connectivity index (χ2n) is 5.40. The molecule has 2 aromatic rings. The first-order chi connectivity index (χ1) is 11.7. The Bertz CT molecular complexity index is 762. The lowest BCUT2D eigenvalue weighted by Gasteiger charge is -2.18. The molecule has 0 aliphatic carbocycles. The molecule has 0 unspecified atom stereocenters. The highest BCUT2D eigenvalue weighted by atomic mass is 35.5. The number of amides is 1. The molecule has 2 aromatic carbocycles. The molecule has 1 atom stereocenters. The molecule has 0 bridgehead atoms. The van der Waals surface area contributed by atoms with Gasteiger partial charge in [-0.05, 0) is 43.2 Å². The number of anilines is 1. The molecule has 1 amide bonds. The fraction of sp³-hybridized carbons (Fsp3) is 0.278. The number of aryl methyl sites for hydroxylation is 1. The number of rotatable bonds is 5. The molecule has 0 spiro atoms. The van der Waals surface area contributed by atoms with Crippen molar-refractivity contribution in [1.29, 1.82) is 0 Å². The fourth-order valence-corrected chi connectivity index (χ4v) is 2.35. The van der Waals surface area contributed by atoms with Gasteiger partial charge in [0.05, 0.1) is 16.3 Å². The fourth-order valence-electron chi connectivity index (χ4n) is 2.19. The summed E-state index contributed by atoms with van der Waals surface area (Å²) in [7, 11) is 0. The predicted molar refractivity (Wildman–Crippen MR) is 91.0 cm³/mol. The molecule has 0 fully saturated rings. The van der Waals surface area contributed by atoms with Crippen LogP contribution in [-0.2, 0) is 17.4 Å². The van der Waals surface area contributed by atoms with Crippen LogP contribution >= 0.6 is 11.6 Å². The summed E-state index contributed by atoms with van der Waals surface area (Å²) in [5, 5.41) is 2.40. The smallest absolute Gasteiger partial charge is 0.416 e. The molecule has 134 valence electrons. The van der Waals surface area contributed by atoms with Crippen LogP contribution in [0.3, 0.4) is 0 Å². The number of ether oxygens (including phenoxy) is 1. The largest absolute Gasteiger partial charge is 0.481 e. The zero-order valence-electron chi connectivity index (χ0n) is 13.7. The maximum absolute atomic E-state index is 12.8. The summed E-state index contributed by atoms with van der Waals surface area (Å²) in [5.41, 5.74) is -0.0722. The zero-order chi connectivity index (χ0) is 18.6. The van der Waals surface area contributed by atoms with Crippen molar-refractivity contribution in [3.05, 3.63) is 58.6 Å². The Labute approximate surface area is 148 Å². The topological polar surface area (TPSA) is 38.3 Å². The lowest BCUT2D eigenvalue weighted by molar-refractivity contribution is -0.137. The average Bonchev–Trinajstić information content (AvgIpc) is 2.56. The van der Waals surface area contributed by atoms with E-state index in [1.165, 1.54) is 6.92 Å². The van der Waals surface area contributed by atoms with Crippen molar-refractivity contribution >= 4 is 23.2 Å². The summed E-state index contributed by atoms with van der Waals surface area (Å²) >= 11 is 5.88. The summed E-state index contributed by atoms with van der Waals surface area (Å²) in [5.74, 6) is -0.0325. The van der Waals surface area contributed by atoms with E-state index in [1.807, 2.05) is 19.1 Å². The minimum atomic E-state index is -4.52. The van der Waals surface area contributed by atoms with Crippen LogP contribution in [0.5, 0.6) is 5.75 Å². The number of carbonyl (C=O) groups is 1. The summed E-state index contributed by atoms with van der Waals surface area (Å²) < 4.78 is 44.0. The third-order valence-corrected chi connectivity index (χ3v) is 3.91. The van der Waals surface area contributed by atoms with E-state index in [1.54, 1.807) is 12.1 Å². The van der Waals surface area contributed by atoms with Crippen LogP contribution in [0, 0.1) is 0 Å². The van der Waals surface area contributed by atoms with Gasteiger partial charge in [0.2, 0.25) is 0 Å². The summed E-state index contributed by atoms with van der Waals surface area (Å²) in [6.07, 6.45) is -4.70. The third-order valence-electron chi connectivity index (χ3n) is 3.58. The van der Waals surface area contributed by atoms with Gasteiger partial charge in [0.15, 0.2) is 6.10 Å². The lowest BCUT2D eigenvalue weighted by atomic mass is 10.1. The summed E-state index contributed by atoms with van der Waals surface area (Å²) in [6.45, 7) is 3.47. The maximum atomic E-state index is 12.8. The number of para-hydroxylation sites is 1. The summed E-state index contributed by atoms with van der Waals surface area (Å²) in [6, 6.07) is 10.0. The summed E-state index contributed by atoms with van der Waals surface area (Å²) in [4.78, 5) is 12.3. The van der Waals surface area contributed by atoms with E-state index in [9.17, 15) is 18.0 Å². The Kier molecular flexibility index (Phi) is 5.95. The predicted octanol–water partition coefficient (Wildman–Crippen LogP) is 5.33. The number of halogens is 4. The maximum Gasteiger partial charge on any atom is 0.416 e. The van der Waals surface area contributed by atoms with Gasteiger partial charge < -0.3 is 10.1 Å². The highest BCUT2D eigenvalue weighted by Crippen LogP contribution is 2.34. The molecule has 2 rings (SSSR count). The van der Waals surface area contributed by atoms with Crippen LogP contribution in [0.25, 0.3) is 0 Å². The molecule has 0 aliphatic heterocycles. The Morgan fingerprint density at radius 1 is 1.24 bits per heavy atom. The second kappa shape index (κ2) is 7.78. The molecule has 1 N–H and O–H groups in total. The number of alkyl halides is 3. The zero-order valence-corrected chi connectivity index (χ0v) is 14.4. The van der Waals surface area contributed by atoms with E-state index in [4.69, 9.17) is 16.3 Å². The Morgan fingerprint density at radius 2 is 1.92 bits per heavy atom. The molecular formula is C18H17ClF3NO2. The van der Waals surface area contributed by atoms with E-state index in [-0.39, 0.29) is 10.7 Å². The SMILES string of the molecule is CCc1ccccc1O[C@H](C)C(=O)Nc1cc(C(F)(F)F)ccc1Cl. The van der Waals surface area contributed by atoms with Crippen molar-refractivity contribution in [1.82, 2.24) is 0 Å². The van der Waals surface area contributed by atoms with Crippen LogP contribution in [0.15, 0.2) is 42.5 Å². The number of nitrogens with one attached hydrogen (secondary N) is 1. The first-order valence-electron chi connectivity index (χ1n) is 7.64. The Morgan fingerprint density at radius 3 is 2.56 bits per heavy atom. The normalized spacial score (nSPS) is 12.6. The first kappa shape index (κ1) is 19.1. The van der Waals surface area contributed by atoms with Gasteiger partial charge >= 0.3 is 6.18 Å². The average molecular weight is 372 g/mol. The van der Waals surface area contributed by atoms with Crippen LogP contribution in [-0.4, -0.2) is 12.0 Å². The standard InChI is InChI=1S/C18H17ClF3NO2/c1-3-12-6-4-5-7-16(12)25-11(2)17(24)23-15-10-13(18(20,21)22)8-9-14(15)19/h4-11H,3H2,1-2H3,(H,23,24)/t11-/m1/s1. The van der Waals surface area contributed by atoms with E-state index in [0.717, 1.165) is 30.2 Å². The molecule has 0 saturated carbocycles. The van der Waals surface area contributed by atoms with E-state index >= 15 is 0 Å². The molecule has 3 nitrogen and oxygen atoms in total. The van der Waals surface area contributed by atoms with Crippen molar-refractivity contribution < 1.29 is 22.7 Å². The van der Waals surface area contributed by atoms with Gasteiger partial charge in [0.25, 0.3) is 5.91 Å².